The minimum Gasteiger partial charge on any atom is -0.490 e. The van der Waals surface area contributed by atoms with Crippen LogP contribution in [0.2, 0.25) is 0 Å². The lowest BCUT2D eigenvalue weighted by atomic mass is 10.3. The summed E-state index contributed by atoms with van der Waals surface area (Å²) in [5.74, 6) is 0.851. The Morgan fingerprint density at radius 2 is 2.08 bits per heavy atom. The van der Waals surface area contributed by atoms with Crippen LogP contribution in [0.25, 0.3) is 0 Å². The predicted octanol–water partition coefficient (Wildman–Crippen LogP) is 2.00. The second-order valence-corrected chi connectivity index (χ2v) is 2.83. The molecule has 13 heavy (non-hydrogen) atoms. The lowest BCUT2D eigenvalue weighted by molar-refractivity contribution is 0.325. The van der Waals surface area contributed by atoms with Gasteiger partial charge in [-0.15, -0.1) is 0 Å². The van der Waals surface area contributed by atoms with Crippen molar-refractivity contribution in [3.8, 4) is 5.75 Å². The molecular formula is C11H14O2. The Bertz CT molecular complexity index is 265. The Hall–Kier alpha value is -1.28. The minimum atomic E-state index is 0.0954. The predicted molar refractivity (Wildman–Crippen MR) is 52.8 cm³/mol. The molecule has 0 unspecified atom stereocenters. The van der Waals surface area contributed by atoms with Crippen molar-refractivity contribution in [1.82, 2.24) is 0 Å². The van der Waals surface area contributed by atoms with E-state index in [0.717, 1.165) is 11.3 Å². The molecule has 0 bridgehead atoms. The molecule has 0 heterocycles. The first kappa shape index (κ1) is 9.81. The lowest BCUT2D eigenvalue weighted by Crippen LogP contribution is -1.95. The van der Waals surface area contributed by atoms with Crippen molar-refractivity contribution in [3.05, 3.63) is 42.0 Å². The van der Waals surface area contributed by atoms with E-state index in [0.29, 0.717) is 6.61 Å². The van der Waals surface area contributed by atoms with Gasteiger partial charge in [0.25, 0.3) is 0 Å². The molecule has 0 amide bonds. The maximum absolute atomic E-state index is 8.71. The van der Waals surface area contributed by atoms with Crippen molar-refractivity contribution in [3.63, 3.8) is 0 Å². The van der Waals surface area contributed by atoms with Gasteiger partial charge in [0.05, 0.1) is 6.61 Å². The topological polar surface area (TPSA) is 29.5 Å². The van der Waals surface area contributed by atoms with E-state index in [9.17, 15) is 0 Å². The molecule has 2 heteroatoms. The number of hydrogen-bond acceptors (Lipinski definition) is 2. The number of benzene rings is 1. The van der Waals surface area contributed by atoms with Gasteiger partial charge in [0, 0.05) is 0 Å². The maximum Gasteiger partial charge on any atom is 0.119 e. The molecule has 0 radical (unpaired) electrons. The van der Waals surface area contributed by atoms with Crippen LogP contribution in [-0.2, 0) is 0 Å². The molecule has 1 aromatic carbocycles. The van der Waals surface area contributed by atoms with E-state index >= 15 is 0 Å². The summed E-state index contributed by atoms with van der Waals surface area (Å²) in [6.07, 6.45) is 1.87. The summed E-state index contributed by atoms with van der Waals surface area (Å²) in [6.45, 7) is 2.48. The molecule has 0 atom stereocenters. The first-order valence-corrected chi connectivity index (χ1v) is 4.27. The summed E-state index contributed by atoms with van der Waals surface area (Å²) in [6, 6.07) is 9.61. The van der Waals surface area contributed by atoms with E-state index in [-0.39, 0.29) is 6.61 Å². The SMILES string of the molecule is C/C(=C\COc1ccccc1)CO. The van der Waals surface area contributed by atoms with Gasteiger partial charge in [-0.3, -0.25) is 0 Å². The average Bonchev–Trinajstić information content (AvgIpc) is 2.19. The van der Waals surface area contributed by atoms with E-state index in [2.05, 4.69) is 0 Å². The van der Waals surface area contributed by atoms with Crippen LogP contribution in [0.15, 0.2) is 42.0 Å². The number of hydrogen-bond donors (Lipinski definition) is 1. The van der Waals surface area contributed by atoms with Crippen molar-refractivity contribution in [1.29, 1.82) is 0 Å². The van der Waals surface area contributed by atoms with Crippen LogP contribution in [-0.4, -0.2) is 18.3 Å². The van der Waals surface area contributed by atoms with Crippen LogP contribution >= 0.6 is 0 Å². The van der Waals surface area contributed by atoms with E-state index in [1.807, 2.05) is 43.3 Å². The Morgan fingerprint density at radius 3 is 2.69 bits per heavy atom. The van der Waals surface area contributed by atoms with Crippen molar-refractivity contribution in [2.24, 2.45) is 0 Å². The largest absolute Gasteiger partial charge is 0.490 e. The molecule has 0 saturated heterocycles. The van der Waals surface area contributed by atoms with Crippen LogP contribution in [0.3, 0.4) is 0 Å². The fraction of sp³-hybridized carbons (Fsp3) is 0.273. The van der Waals surface area contributed by atoms with Crippen molar-refractivity contribution >= 4 is 0 Å². The smallest absolute Gasteiger partial charge is 0.119 e. The van der Waals surface area contributed by atoms with Gasteiger partial charge in [-0.2, -0.15) is 0 Å². The Kier molecular flexibility index (Phi) is 4.06. The molecule has 0 spiro atoms. The third-order valence-electron chi connectivity index (χ3n) is 1.67. The molecule has 2 nitrogen and oxygen atoms in total. The highest BCUT2D eigenvalue weighted by Gasteiger charge is 1.89. The minimum absolute atomic E-state index is 0.0954. The number of aliphatic hydroxyl groups excluding tert-OH is 1. The molecule has 70 valence electrons. The molecule has 0 fully saturated rings. The zero-order valence-corrected chi connectivity index (χ0v) is 7.73. The van der Waals surface area contributed by atoms with Crippen molar-refractivity contribution in [2.75, 3.05) is 13.2 Å². The van der Waals surface area contributed by atoms with Crippen LogP contribution < -0.4 is 4.74 Å². The van der Waals surface area contributed by atoms with E-state index in [1.54, 1.807) is 0 Å². The van der Waals surface area contributed by atoms with E-state index in [4.69, 9.17) is 9.84 Å². The maximum atomic E-state index is 8.71. The van der Waals surface area contributed by atoms with E-state index < -0.39 is 0 Å². The molecule has 0 aliphatic carbocycles. The first-order chi connectivity index (χ1) is 6.33. The number of aliphatic hydroxyl groups is 1. The third kappa shape index (κ3) is 3.76. The first-order valence-electron chi connectivity index (χ1n) is 4.27. The van der Waals surface area contributed by atoms with Gasteiger partial charge in [-0.05, 0) is 30.7 Å². The Labute approximate surface area is 78.5 Å². The standard InChI is InChI=1S/C11H14O2/c1-10(9-12)7-8-13-11-5-3-2-4-6-11/h2-7,12H,8-9H2,1H3/b10-7+. The summed E-state index contributed by atoms with van der Waals surface area (Å²) in [5.41, 5.74) is 0.927. The monoisotopic (exact) mass is 178 g/mol. The Morgan fingerprint density at radius 1 is 1.38 bits per heavy atom. The third-order valence-corrected chi connectivity index (χ3v) is 1.67. The molecule has 0 aliphatic heterocycles. The van der Waals surface area contributed by atoms with E-state index in [1.165, 1.54) is 0 Å². The van der Waals surface area contributed by atoms with Gasteiger partial charge in [0.15, 0.2) is 0 Å². The second kappa shape index (κ2) is 5.38. The zero-order chi connectivity index (χ0) is 9.52. The molecule has 0 aliphatic rings. The van der Waals surface area contributed by atoms with Gasteiger partial charge in [0.2, 0.25) is 0 Å². The van der Waals surface area contributed by atoms with Crippen LogP contribution in [0, 0.1) is 0 Å². The molecule has 1 N–H and O–H groups in total. The van der Waals surface area contributed by atoms with Crippen LogP contribution in [0.4, 0.5) is 0 Å². The summed E-state index contributed by atoms with van der Waals surface area (Å²) < 4.78 is 5.39. The van der Waals surface area contributed by atoms with Crippen molar-refractivity contribution in [2.45, 2.75) is 6.92 Å². The summed E-state index contributed by atoms with van der Waals surface area (Å²) >= 11 is 0. The molecular weight excluding hydrogens is 164 g/mol. The number of ether oxygens (including phenoxy) is 1. The Balaban J connectivity index is 2.36. The summed E-state index contributed by atoms with van der Waals surface area (Å²) in [4.78, 5) is 0. The molecule has 1 rings (SSSR count). The highest BCUT2D eigenvalue weighted by molar-refractivity contribution is 5.21. The average molecular weight is 178 g/mol. The lowest BCUT2D eigenvalue weighted by Gasteiger charge is -2.02. The molecule has 0 aromatic heterocycles. The quantitative estimate of drug-likeness (QED) is 0.714. The second-order valence-electron chi connectivity index (χ2n) is 2.83. The summed E-state index contributed by atoms with van der Waals surface area (Å²) in [5, 5.41) is 8.71. The highest BCUT2D eigenvalue weighted by Crippen LogP contribution is 2.08. The normalized spacial score (nSPS) is 11.4. The van der Waals surface area contributed by atoms with Gasteiger partial charge in [-0.1, -0.05) is 18.2 Å². The van der Waals surface area contributed by atoms with Crippen molar-refractivity contribution < 1.29 is 9.84 Å². The van der Waals surface area contributed by atoms with Gasteiger partial charge in [0.1, 0.15) is 12.4 Å². The highest BCUT2D eigenvalue weighted by atomic mass is 16.5. The number of para-hydroxylation sites is 1. The van der Waals surface area contributed by atoms with Gasteiger partial charge < -0.3 is 9.84 Å². The summed E-state index contributed by atoms with van der Waals surface area (Å²) in [7, 11) is 0. The molecule has 1 aromatic rings. The van der Waals surface area contributed by atoms with Gasteiger partial charge in [-0.25, -0.2) is 0 Å². The van der Waals surface area contributed by atoms with Crippen LogP contribution in [0.1, 0.15) is 6.92 Å². The zero-order valence-electron chi connectivity index (χ0n) is 7.73. The fourth-order valence-corrected chi connectivity index (χ4v) is 0.861. The van der Waals surface area contributed by atoms with Crippen LogP contribution in [0.5, 0.6) is 5.75 Å². The molecule has 0 saturated carbocycles. The number of rotatable bonds is 4. The van der Waals surface area contributed by atoms with Gasteiger partial charge >= 0.3 is 0 Å². The fourth-order valence-electron chi connectivity index (χ4n) is 0.861.